The van der Waals surface area contributed by atoms with Gasteiger partial charge in [0, 0.05) is 15.7 Å². The molecule has 7 heteroatoms. The Kier molecular flexibility index (Phi) is 4.90. The van der Waals surface area contributed by atoms with Gasteiger partial charge in [-0.1, -0.05) is 28.1 Å². The Bertz CT molecular complexity index is 1140. The number of nitrogens with zero attached hydrogens (tertiary/aromatic N) is 1. The van der Waals surface area contributed by atoms with Gasteiger partial charge in [-0.2, -0.15) is 0 Å². The number of ether oxygens (including phenoxy) is 1. The molecule has 4 rings (SSSR count). The van der Waals surface area contributed by atoms with Gasteiger partial charge in [-0.05, 0) is 54.6 Å². The minimum atomic E-state index is -0.493. The Labute approximate surface area is 175 Å². The minimum Gasteiger partial charge on any atom is -0.495 e. The highest BCUT2D eigenvalue weighted by molar-refractivity contribution is 9.10. The molecular formula is C22H15BrN2O4. The van der Waals surface area contributed by atoms with Crippen LogP contribution in [0.1, 0.15) is 31.1 Å². The second kappa shape index (κ2) is 7.52. The molecule has 0 bridgehead atoms. The average Bonchev–Trinajstić information content (AvgIpc) is 2.99. The number of nitrogens with one attached hydrogen (secondary N) is 1. The lowest BCUT2D eigenvalue weighted by Crippen LogP contribution is -2.29. The maximum absolute atomic E-state index is 13.0. The average molecular weight is 451 g/mol. The monoisotopic (exact) mass is 450 g/mol. The van der Waals surface area contributed by atoms with Crippen LogP contribution >= 0.6 is 15.9 Å². The van der Waals surface area contributed by atoms with Crippen molar-refractivity contribution in [2.45, 2.75) is 0 Å². The van der Waals surface area contributed by atoms with Crippen LogP contribution in [0, 0.1) is 0 Å². The van der Waals surface area contributed by atoms with Crippen molar-refractivity contribution in [1.29, 1.82) is 0 Å². The Hall–Kier alpha value is -3.45. The molecule has 1 N–H and O–H groups in total. The molecule has 0 fully saturated rings. The van der Waals surface area contributed by atoms with Gasteiger partial charge in [0.05, 0.1) is 23.9 Å². The van der Waals surface area contributed by atoms with Crippen LogP contribution in [0.15, 0.2) is 71.2 Å². The smallest absolute Gasteiger partial charge is 0.266 e. The number of amides is 3. The van der Waals surface area contributed by atoms with Crippen LogP contribution in [0.3, 0.4) is 0 Å². The minimum absolute atomic E-state index is 0.185. The Morgan fingerprint density at radius 2 is 1.62 bits per heavy atom. The summed E-state index contributed by atoms with van der Waals surface area (Å²) in [6.45, 7) is 0. The number of halogens is 1. The molecule has 1 aliphatic rings. The van der Waals surface area contributed by atoms with E-state index in [1.807, 2.05) is 12.1 Å². The number of hydrogen-bond donors (Lipinski definition) is 1. The first-order valence-corrected chi connectivity index (χ1v) is 9.51. The third kappa shape index (κ3) is 3.40. The second-order valence-electron chi connectivity index (χ2n) is 6.34. The molecule has 0 atom stereocenters. The van der Waals surface area contributed by atoms with Crippen LogP contribution < -0.4 is 15.0 Å². The van der Waals surface area contributed by atoms with Crippen molar-refractivity contribution in [2.24, 2.45) is 0 Å². The zero-order valence-corrected chi connectivity index (χ0v) is 16.9. The van der Waals surface area contributed by atoms with E-state index in [9.17, 15) is 14.4 Å². The summed E-state index contributed by atoms with van der Waals surface area (Å²) in [5.74, 6) is -0.900. The number of carbonyl (C=O) groups excluding carboxylic acids is 3. The van der Waals surface area contributed by atoms with Crippen molar-refractivity contribution in [3.05, 3.63) is 87.9 Å². The van der Waals surface area contributed by atoms with Crippen LogP contribution in [0.5, 0.6) is 5.75 Å². The number of imide groups is 1. The number of hydrogen-bond acceptors (Lipinski definition) is 4. The number of rotatable bonds is 4. The fourth-order valence-electron chi connectivity index (χ4n) is 3.15. The third-order valence-electron chi connectivity index (χ3n) is 4.58. The standard InChI is InChI=1S/C22H15BrN2O4/c1-29-19-5-3-2-4-18(19)25-21(27)16-11-6-13(12-17(16)22(25)28)20(26)24-15-9-7-14(23)8-10-15/h2-12H,1H3,(H,24,26). The van der Waals surface area contributed by atoms with Gasteiger partial charge in [0.25, 0.3) is 17.7 Å². The lowest BCUT2D eigenvalue weighted by molar-refractivity contribution is 0.0924. The molecule has 3 amide bonds. The molecule has 0 radical (unpaired) electrons. The van der Waals surface area contributed by atoms with Crippen molar-refractivity contribution in [3.8, 4) is 5.75 Å². The van der Waals surface area contributed by atoms with Crippen LogP contribution in [0.4, 0.5) is 11.4 Å². The van der Waals surface area contributed by atoms with Gasteiger partial charge in [-0.25, -0.2) is 4.90 Å². The van der Waals surface area contributed by atoms with E-state index in [1.54, 1.807) is 36.4 Å². The van der Waals surface area contributed by atoms with Gasteiger partial charge in [0.2, 0.25) is 0 Å². The molecular weight excluding hydrogens is 436 g/mol. The zero-order chi connectivity index (χ0) is 20.5. The van der Waals surface area contributed by atoms with Crippen molar-refractivity contribution in [3.63, 3.8) is 0 Å². The van der Waals surface area contributed by atoms with E-state index in [0.717, 1.165) is 9.37 Å². The van der Waals surface area contributed by atoms with Gasteiger partial charge < -0.3 is 10.1 Å². The molecule has 0 spiro atoms. The Balaban J connectivity index is 1.65. The van der Waals surface area contributed by atoms with E-state index in [4.69, 9.17) is 4.74 Å². The number of benzene rings is 3. The summed E-state index contributed by atoms with van der Waals surface area (Å²) in [6.07, 6.45) is 0. The van der Waals surface area contributed by atoms with Gasteiger partial charge in [-0.15, -0.1) is 0 Å². The highest BCUT2D eigenvalue weighted by Crippen LogP contribution is 2.35. The second-order valence-corrected chi connectivity index (χ2v) is 7.25. The third-order valence-corrected chi connectivity index (χ3v) is 5.11. The van der Waals surface area contributed by atoms with Crippen molar-refractivity contribution in [1.82, 2.24) is 0 Å². The van der Waals surface area contributed by atoms with Crippen LogP contribution in [-0.2, 0) is 0 Å². The predicted molar refractivity (Wildman–Crippen MR) is 113 cm³/mol. The van der Waals surface area contributed by atoms with Crippen molar-refractivity contribution in [2.75, 3.05) is 17.3 Å². The van der Waals surface area contributed by atoms with Crippen LogP contribution in [-0.4, -0.2) is 24.8 Å². The SMILES string of the molecule is COc1ccccc1N1C(=O)c2ccc(C(=O)Nc3ccc(Br)cc3)cc2C1=O. The topological polar surface area (TPSA) is 75.7 Å². The largest absolute Gasteiger partial charge is 0.495 e. The van der Waals surface area contributed by atoms with Crippen molar-refractivity contribution >= 4 is 45.0 Å². The number of fused-ring (bicyclic) bond motifs is 1. The van der Waals surface area contributed by atoms with Crippen LogP contribution in [0.25, 0.3) is 0 Å². The van der Waals surface area contributed by atoms with Gasteiger partial charge in [-0.3, -0.25) is 14.4 Å². The van der Waals surface area contributed by atoms with Gasteiger partial charge >= 0.3 is 0 Å². The van der Waals surface area contributed by atoms with E-state index in [0.29, 0.717) is 17.1 Å². The lowest BCUT2D eigenvalue weighted by atomic mass is 10.1. The molecule has 0 unspecified atom stereocenters. The van der Waals surface area contributed by atoms with Crippen LogP contribution in [0.2, 0.25) is 0 Å². The summed E-state index contributed by atoms with van der Waals surface area (Å²) in [4.78, 5) is 39.4. The molecule has 1 heterocycles. The number of carbonyl (C=O) groups is 3. The molecule has 144 valence electrons. The summed E-state index contributed by atoms with van der Waals surface area (Å²) in [5.41, 5.74) is 1.71. The highest BCUT2D eigenvalue weighted by Gasteiger charge is 2.38. The summed E-state index contributed by atoms with van der Waals surface area (Å²) < 4.78 is 6.17. The van der Waals surface area contributed by atoms with E-state index in [1.165, 1.54) is 25.3 Å². The van der Waals surface area contributed by atoms with E-state index in [2.05, 4.69) is 21.2 Å². The Morgan fingerprint density at radius 1 is 0.931 bits per heavy atom. The van der Waals surface area contributed by atoms with Gasteiger partial charge in [0.15, 0.2) is 0 Å². The summed E-state index contributed by atoms with van der Waals surface area (Å²) >= 11 is 3.34. The fourth-order valence-corrected chi connectivity index (χ4v) is 3.42. The van der Waals surface area contributed by atoms with E-state index >= 15 is 0 Å². The molecule has 29 heavy (non-hydrogen) atoms. The van der Waals surface area contributed by atoms with E-state index < -0.39 is 11.8 Å². The Morgan fingerprint density at radius 3 is 2.34 bits per heavy atom. The van der Waals surface area contributed by atoms with E-state index in [-0.39, 0.29) is 22.6 Å². The van der Waals surface area contributed by atoms with Gasteiger partial charge in [0.1, 0.15) is 5.75 Å². The normalized spacial score (nSPS) is 12.7. The maximum atomic E-state index is 13.0. The first kappa shape index (κ1) is 18.9. The molecule has 0 saturated carbocycles. The summed E-state index contributed by atoms with van der Waals surface area (Å²) in [6, 6.07) is 18.4. The number of methoxy groups -OCH3 is 1. The first-order chi connectivity index (χ1) is 14.0. The molecule has 3 aromatic rings. The summed E-state index contributed by atoms with van der Waals surface area (Å²) in [5, 5.41) is 2.77. The molecule has 3 aromatic carbocycles. The number of anilines is 2. The lowest BCUT2D eigenvalue weighted by Gasteiger charge is -2.16. The molecule has 1 aliphatic heterocycles. The molecule has 0 aromatic heterocycles. The predicted octanol–water partition coefficient (Wildman–Crippen LogP) is 4.51. The van der Waals surface area contributed by atoms with Crippen molar-refractivity contribution < 1.29 is 19.1 Å². The quantitative estimate of drug-likeness (QED) is 0.593. The molecule has 6 nitrogen and oxygen atoms in total. The summed E-state index contributed by atoms with van der Waals surface area (Å²) in [7, 11) is 1.47. The molecule has 0 saturated heterocycles. The maximum Gasteiger partial charge on any atom is 0.266 e. The molecule has 0 aliphatic carbocycles. The fraction of sp³-hybridized carbons (Fsp3) is 0.0455. The zero-order valence-electron chi connectivity index (χ0n) is 15.3. The number of para-hydroxylation sites is 2. The highest BCUT2D eigenvalue weighted by atomic mass is 79.9. The first-order valence-electron chi connectivity index (χ1n) is 8.72.